The topological polar surface area (TPSA) is 118 Å². The predicted molar refractivity (Wildman–Crippen MR) is 94.1 cm³/mol. The molecule has 0 spiro atoms. The first-order chi connectivity index (χ1) is 12.4. The van der Waals surface area contributed by atoms with E-state index in [4.69, 9.17) is 5.11 Å². The number of carbonyl (C=O) groups is 4. The van der Waals surface area contributed by atoms with E-state index >= 15 is 0 Å². The summed E-state index contributed by atoms with van der Waals surface area (Å²) in [7, 11) is 0. The summed E-state index contributed by atoms with van der Waals surface area (Å²) in [6.45, 7) is 4.68. The molecule has 1 heterocycles. The number of aldehydes is 1. The number of carbonyl (C=O) groups excluding carboxylic acids is 2. The Balaban J connectivity index is 2.86. The number of rotatable bonds is 10. The van der Waals surface area contributed by atoms with Gasteiger partial charge in [0.2, 0.25) is 0 Å². The van der Waals surface area contributed by atoms with Crippen molar-refractivity contribution in [3.8, 4) is 0 Å². The second kappa shape index (κ2) is 11.7. The summed E-state index contributed by atoms with van der Waals surface area (Å²) in [6, 6.07) is -0.798. The SMILES string of the molecule is CCC(=O)CCC(C(=O)O)N1CCN(CC=O)CCN(CC(=O)O)CC1. The molecular formula is C17H29N3O6. The second-order valence-electron chi connectivity index (χ2n) is 6.46. The van der Waals surface area contributed by atoms with E-state index in [1.807, 2.05) is 4.90 Å². The average molecular weight is 371 g/mol. The van der Waals surface area contributed by atoms with Gasteiger partial charge in [-0.2, -0.15) is 0 Å². The van der Waals surface area contributed by atoms with Crippen LogP contribution in [0.2, 0.25) is 0 Å². The van der Waals surface area contributed by atoms with Crippen molar-refractivity contribution >= 4 is 24.0 Å². The lowest BCUT2D eigenvalue weighted by Crippen LogP contribution is -2.47. The van der Waals surface area contributed by atoms with Gasteiger partial charge >= 0.3 is 11.9 Å². The van der Waals surface area contributed by atoms with Crippen molar-refractivity contribution in [1.29, 1.82) is 0 Å². The number of hydrogen-bond acceptors (Lipinski definition) is 7. The molecule has 9 heteroatoms. The smallest absolute Gasteiger partial charge is 0.320 e. The van der Waals surface area contributed by atoms with Gasteiger partial charge in [-0.3, -0.25) is 29.1 Å². The number of hydrogen-bond donors (Lipinski definition) is 2. The van der Waals surface area contributed by atoms with Gasteiger partial charge in [-0.25, -0.2) is 0 Å². The van der Waals surface area contributed by atoms with Crippen LogP contribution in [0.5, 0.6) is 0 Å². The molecule has 0 aromatic carbocycles. The van der Waals surface area contributed by atoms with E-state index in [9.17, 15) is 24.3 Å². The van der Waals surface area contributed by atoms with Gasteiger partial charge < -0.3 is 15.0 Å². The van der Waals surface area contributed by atoms with Crippen molar-refractivity contribution < 1.29 is 29.4 Å². The first-order valence-corrected chi connectivity index (χ1v) is 8.96. The minimum absolute atomic E-state index is 0.0237. The quantitative estimate of drug-likeness (QED) is 0.485. The summed E-state index contributed by atoms with van der Waals surface area (Å²) in [5, 5.41) is 18.6. The van der Waals surface area contributed by atoms with Crippen LogP contribution in [-0.4, -0.2) is 107 Å². The first-order valence-electron chi connectivity index (χ1n) is 8.96. The van der Waals surface area contributed by atoms with Crippen molar-refractivity contribution in [1.82, 2.24) is 14.7 Å². The third-order valence-corrected chi connectivity index (χ3v) is 4.65. The van der Waals surface area contributed by atoms with Crippen molar-refractivity contribution in [3.63, 3.8) is 0 Å². The highest BCUT2D eigenvalue weighted by Gasteiger charge is 2.28. The third kappa shape index (κ3) is 8.03. The van der Waals surface area contributed by atoms with Gasteiger partial charge in [0.25, 0.3) is 0 Å². The number of carboxylic acids is 2. The summed E-state index contributed by atoms with van der Waals surface area (Å²) in [5.74, 6) is -1.91. The Bertz CT molecular complexity index is 499. The summed E-state index contributed by atoms with van der Waals surface area (Å²) in [4.78, 5) is 50.6. The molecule has 1 aliphatic rings. The molecule has 0 aliphatic carbocycles. The highest BCUT2D eigenvalue weighted by molar-refractivity contribution is 5.79. The fourth-order valence-electron chi connectivity index (χ4n) is 3.04. The minimum Gasteiger partial charge on any atom is -0.480 e. The van der Waals surface area contributed by atoms with Gasteiger partial charge in [0.1, 0.15) is 18.1 Å². The van der Waals surface area contributed by atoms with E-state index in [-0.39, 0.29) is 31.7 Å². The van der Waals surface area contributed by atoms with E-state index in [0.717, 1.165) is 6.29 Å². The fourth-order valence-corrected chi connectivity index (χ4v) is 3.04. The largest absolute Gasteiger partial charge is 0.480 e. The number of carboxylic acid groups (broad SMARTS) is 2. The predicted octanol–water partition coefficient (Wildman–Crippen LogP) is -0.598. The molecule has 1 fully saturated rings. The molecule has 0 amide bonds. The molecule has 0 aromatic rings. The van der Waals surface area contributed by atoms with Crippen LogP contribution < -0.4 is 0 Å². The molecule has 0 bridgehead atoms. The maximum Gasteiger partial charge on any atom is 0.320 e. The number of nitrogens with zero attached hydrogens (tertiary/aromatic N) is 3. The van der Waals surface area contributed by atoms with Crippen molar-refractivity contribution in [3.05, 3.63) is 0 Å². The molecule has 1 atom stereocenters. The van der Waals surface area contributed by atoms with Crippen LogP contribution in [0.4, 0.5) is 0 Å². The van der Waals surface area contributed by atoms with E-state index in [2.05, 4.69) is 0 Å². The van der Waals surface area contributed by atoms with Crippen LogP contribution in [-0.2, 0) is 19.2 Å². The zero-order valence-electron chi connectivity index (χ0n) is 15.3. The molecular weight excluding hydrogens is 342 g/mol. The maximum absolute atomic E-state index is 11.7. The van der Waals surface area contributed by atoms with E-state index in [1.54, 1.807) is 16.7 Å². The second-order valence-corrected chi connectivity index (χ2v) is 6.46. The zero-order chi connectivity index (χ0) is 19.5. The number of ketones is 1. The molecule has 1 unspecified atom stereocenters. The van der Waals surface area contributed by atoms with Crippen molar-refractivity contribution in [2.24, 2.45) is 0 Å². The summed E-state index contributed by atoms with van der Waals surface area (Å²) in [5.41, 5.74) is 0. The monoisotopic (exact) mass is 371 g/mol. The molecule has 9 nitrogen and oxygen atoms in total. The fraction of sp³-hybridized carbons (Fsp3) is 0.765. The summed E-state index contributed by atoms with van der Waals surface area (Å²) < 4.78 is 0. The lowest BCUT2D eigenvalue weighted by Gasteiger charge is -2.30. The standard InChI is InChI=1S/C17H29N3O6/c1-2-14(22)3-4-15(17(25)26)20-9-7-18(11-12-21)5-6-19(8-10-20)13-16(23)24/h12,15H,2-11,13H2,1H3,(H,23,24)(H,25,26). The molecule has 26 heavy (non-hydrogen) atoms. The van der Waals surface area contributed by atoms with Crippen LogP contribution in [0.15, 0.2) is 0 Å². The van der Waals surface area contributed by atoms with Crippen molar-refractivity contribution in [2.45, 2.75) is 32.2 Å². The highest BCUT2D eigenvalue weighted by Crippen LogP contribution is 2.11. The molecule has 0 saturated carbocycles. The van der Waals surface area contributed by atoms with Crippen LogP contribution in [0.25, 0.3) is 0 Å². The van der Waals surface area contributed by atoms with Crippen LogP contribution in [0.1, 0.15) is 26.2 Å². The average Bonchev–Trinajstić information content (AvgIpc) is 2.67. The van der Waals surface area contributed by atoms with Gasteiger partial charge in [0.05, 0.1) is 13.1 Å². The normalized spacial score (nSPS) is 19.1. The van der Waals surface area contributed by atoms with Gasteiger partial charge in [0, 0.05) is 52.1 Å². The molecule has 0 aromatic heterocycles. The minimum atomic E-state index is -0.986. The molecule has 1 rings (SSSR count). The molecule has 2 N–H and O–H groups in total. The zero-order valence-corrected chi connectivity index (χ0v) is 15.3. The van der Waals surface area contributed by atoms with Crippen LogP contribution in [0.3, 0.4) is 0 Å². The lowest BCUT2D eigenvalue weighted by molar-refractivity contribution is -0.144. The third-order valence-electron chi connectivity index (χ3n) is 4.65. The van der Waals surface area contributed by atoms with Gasteiger partial charge in [-0.1, -0.05) is 6.92 Å². The maximum atomic E-state index is 11.7. The van der Waals surface area contributed by atoms with E-state index in [0.29, 0.717) is 45.7 Å². The van der Waals surface area contributed by atoms with Gasteiger partial charge in [-0.15, -0.1) is 0 Å². The molecule has 1 aliphatic heterocycles. The number of aliphatic carboxylic acids is 2. The number of Topliss-reactive ketones (excluding diaryl/α,β-unsaturated/α-hetero) is 1. The molecule has 1 saturated heterocycles. The van der Waals surface area contributed by atoms with E-state index in [1.165, 1.54) is 0 Å². The Morgan fingerprint density at radius 1 is 1.00 bits per heavy atom. The Hall–Kier alpha value is -1.84. The van der Waals surface area contributed by atoms with Gasteiger partial charge in [-0.05, 0) is 6.42 Å². The van der Waals surface area contributed by atoms with Gasteiger partial charge in [0.15, 0.2) is 0 Å². The molecule has 148 valence electrons. The Morgan fingerprint density at radius 2 is 1.58 bits per heavy atom. The Labute approximate surface area is 153 Å². The summed E-state index contributed by atoms with van der Waals surface area (Å²) in [6.07, 6.45) is 1.61. The molecule has 0 radical (unpaired) electrons. The highest BCUT2D eigenvalue weighted by atomic mass is 16.4. The summed E-state index contributed by atoms with van der Waals surface area (Å²) >= 11 is 0. The first kappa shape index (κ1) is 22.2. The van der Waals surface area contributed by atoms with Crippen LogP contribution >= 0.6 is 0 Å². The van der Waals surface area contributed by atoms with E-state index < -0.39 is 18.0 Å². The lowest BCUT2D eigenvalue weighted by atomic mass is 10.1. The Kier molecular flexibility index (Phi) is 10.0. The Morgan fingerprint density at radius 3 is 2.12 bits per heavy atom. The van der Waals surface area contributed by atoms with Crippen molar-refractivity contribution in [2.75, 3.05) is 52.4 Å². The van der Waals surface area contributed by atoms with Crippen LogP contribution in [0, 0.1) is 0 Å².